The predicted molar refractivity (Wildman–Crippen MR) is 185 cm³/mol. The van der Waals surface area contributed by atoms with E-state index in [1.807, 2.05) is 54.6 Å². The van der Waals surface area contributed by atoms with E-state index in [0.717, 1.165) is 16.7 Å². The number of unbranched alkanes of at least 4 members (excludes halogenated alkanes) is 1. The van der Waals surface area contributed by atoms with Gasteiger partial charge in [0.15, 0.2) is 6.29 Å². The molecule has 250 valence electrons. The van der Waals surface area contributed by atoms with Crippen molar-refractivity contribution < 1.29 is 38.5 Å². The van der Waals surface area contributed by atoms with E-state index >= 15 is 0 Å². The molecular weight excluding hydrogens is 630 g/mol. The fraction of sp³-hybridized carbons (Fsp3) is 0.263. The number of phenolic OH excluding ortho intramolecular Hbond substituents is 1. The maximum Gasteiger partial charge on any atom is 0.339 e. The van der Waals surface area contributed by atoms with E-state index in [0.29, 0.717) is 24.7 Å². The van der Waals surface area contributed by atoms with Gasteiger partial charge in [0.1, 0.15) is 17.5 Å². The number of esters is 2. The van der Waals surface area contributed by atoms with Gasteiger partial charge in [0.25, 0.3) is 0 Å². The molecular formula is C38H39NO8S. The molecule has 0 saturated heterocycles. The molecule has 0 fully saturated rings. The van der Waals surface area contributed by atoms with Crippen LogP contribution < -0.4 is 10.1 Å². The lowest BCUT2D eigenvalue weighted by atomic mass is 9.84. The first kappa shape index (κ1) is 35.8. The van der Waals surface area contributed by atoms with E-state index in [2.05, 4.69) is 41.7 Å². The summed E-state index contributed by atoms with van der Waals surface area (Å²) in [6.45, 7) is 1.57. The first-order valence-corrected chi connectivity index (χ1v) is 16.5. The van der Waals surface area contributed by atoms with E-state index in [-0.39, 0.29) is 47.3 Å². The molecule has 4 aromatic carbocycles. The highest BCUT2D eigenvalue weighted by atomic mass is 32.2. The van der Waals surface area contributed by atoms with Gasteiger partial charge in [-0.3, -0.25) is 9.59 Å². The molecule has 0 radical (unpaired) electrons. The van der Waals surface area contributed by atoms with Gasteiger partial charge >= 0.3 is 11.9 Å². The number of carbonyl (C=O) groups is 4. The normalized spacial score (nSPS) is 11.6. The Labute approximate surface area is 284 Å². The first-order valence-electron chi connectivity index (χ1n) is 15.5. The summed E-state index contributed by atoms with van der Waals surface area (Å²) in [5, 5.41) is 13.0. The predicted octanol–water partition coefficient (Wildman–Crippen LogP) is 6.23. The van der Waals surface area contributed by atoms with E-state index in [1.54, 1.807) is 6.92 Å². The number of phenols is 1. The molecule has 9 nitrogen and oxygen atoms in total. The second-order valence-electron chi connectivity index (χ2n) is 11.0. The molecule has 1 amide bonds. The molecule has 10 heteroatoms. The van der Waals surface area contributed by atoms with Crippen LogP contribution in [0.3, 0.4) is 0 Å². The minimum atomic E-state index is -0.925. The topological polar surface area (TPSA) is 128 Å². The highest BCUT2D eigenvalue weighted by molar-refractivity contribution is 8.00. The lowest BCUT2D eigenvalue weighted by Crippen LogP contribution is -2.44. The number of hydrogen-bond acceptors (Lipinski definition) is 9. The largest absolute Gasteiger partial charge is 0.507 e. The minimum Gasteiger partial charge on any atom is -0.507 e. The Morgan fingerprint density at radius 2 is 1.42 bits per heavy atom. The Morgan fingerprint density at radius 1 is 0.875 bits per heavy atom. The Balaban J connectivity index is 1.43. The molecule has 4 aromatic rings. The third-order valence-corrected chi connectivity index (χ3v) is 9.60. The molecule has 1 atom stereocenters. The summed E-state index contributed by atoms with van der Waals surface area (Å²) in [5.41, 5.74) is 3.18. The second kappa shape index (κ2) is 17.2. The van der Waals surface area contributed by atoms with Crippen LogP contribution in [0.2, 0.25) is 0 Å². The van der Waals surface area contributed by atoms with Crippen LogP contribution in [0, 0.1) is 6.92 Å². The summed E-state index contributed by atoms with van der Waals surface area (Å²) < 4.78 is 14.9. The average Bonchev–Trinajstić information content (AvgIpc) is 3.12. The Hall–Kier alpha value is -5.09. The second-order valence-corrected chi connectivity index (χ2v) is 12.2. The van der Waals surface area contributed by atoms with Crippen molar-refractivity contribution in [2.75, 3.05) is 26.6 Å². The summed E-state index contributed by atoms with van der Waals surface area (Å²) in [6, 6.07) is 30.5. The van der Waals surface area contributed by atoms with Gasteiger partial charge in [0, 0.05) is 23.8 Å². The number of amides is 1. The quantitative estimate of drug-likeness (QED) is 0.0618. The molecule has 0 aromatic heterocycles. The van der Waals surface area contributed by atoms with Crippen LogP contribution in [0.4, 0.5) is 0 Å². The smallest absolute Gasteiger partial charge is 0.339 e. The molecule has 4 rings (SSSR count). The summed E-state index contributed by atoms with van der Waals surface area (Å²) in [5.74, 6) is -1.61. The molecule has 0 saturated carbocycles. The highest BCUT2D eigenvalue weighted by Crippen LogP contribution is 2.48. The van der Waals surface area contributed by atoms with Crippen molar-refractivity contribution in [2.24, 2.45) is 0 Å². The van der Waals surface area contributed by atoms with Crippen LogP contribution in [0.15, 0.2) is 97.1 Å². The van der Waals surface area contributed by atoms with Gasteiger partial charge in [-0.2, -0.15) is 0 Å². The number of rotatable bonds is 16. The molecule has 0 unspecified atom stereocenters. The Bertz CT molecular complexity index is 1600. The lowest BCUT2D eigenvalue weighted by Gasteiger charge is -2.36. The van der Waals surface area contributed by atoms with Crippen LogP contribution >= 0.6 is 11.8 Å². The lowest BCUT2D eigenvalue weighted by molar-refractivity contribution is -0.144. The molecule has 0 aliphatic heterocycles. The van der Waals surface area contributed by atoms with Crippen molar-refractivity contribution in [3.05, 3.63) is 130 Å². The van der Waals surface area contributed by atoms with Crippen LogP contribution in [0.5, 0.6) is 11.5 Å². The Morgan fingerprint density at radius 3 is 1.90 bits per heavy atom. The van der Waals surface area contributed by atoms with Crippen LogP contribution in [-0.2, 0) is 23.8 Å². The number of aldehydes is 1. The van der Waals surface area contributed by atoms with E-state index in [4.69, 9.17) is 14.2 Å². The number of aromatic hydroxyl groups is 1. The summed E-state index contributed by atoms with van der Waals surface area (Å²) in [6.07, 6.45) is 1.18. The van der Waals surface area contributed by atoms with E-state index in [1.165, 1.54) is 32.0 Å². The van der Waals surface area contributed by atoms with E-state index in [9.17, 15) is 24.3 Å². The summed E-state index contributed by atoms with van der Waals surface area (Å²) in [7, 11) is 2.68. The molecule has 0 heterocycles. The maximum atomic E-state index is 13.0. The molecule has 0 aliphatic rings. The first-order chi connectivity index (χ1) is 23.3. The summed E-state index contributed by atoms with van der Waals surface area (Å²) in [4.78, 5) is 50.3. The number of thioether (sulfide) groups is 1. The van der Waals surface area contributed by atoms with Gasteiger partial charge in [0.05, 0.1) is 36.7 Å². The van der Waals surface area contributed by atoms with Gasteiger partial charge in [-0.15, -0.1) is 11.8 Å². The van der Waals surface area contributed by atoms with Crippen molar-refractivity contribution >= 4 is 35.9 Å². The van der Waals surface area contributed by atoms with Gasteiger partial charge in [-0.1, -0.05) is 91.0 Å². The highest BCUT2D eigenvalue weighted by Gasteiger charge is 2.38. The number of benzene rings is 4. The van der Waals surface area contributed by atoms with Gasteiger partial charge in [-0.05, 0) is 36.5 Å². The number of methoxy groups -OCH3 is 2. The zero-order chi connectivity index (χ0) is 34.5. The fourth-order valence-electron chi connectivity index (χ4n) is 5.54. The van der Waals surface area contributed by atoms with Crippen molar-refractivity contribution in [3.63, 3.8) is 0 Å². The molecule has 0 bridgehead atoms. The zero-order valence-electron chi connectivity index (χ0n) is 27.1. The van der Waals surface area contributed by atoms with Gasteiger partial charge in [0.2, 0.25) is 5.91 Å². The molecule has 0 aliphatic carbocycles. The van der Waals surface area contributed by atoms with Crippen LogP contribution in [0.25, 0.3) is 0 Å². The molecule has 0 spiro atoms. The third kappa shape index (κ3) is 8.24. The maximum absolute atomic E-state index is 13.0. The third-order valence-electron chi connectivity index (χ3n) is 7.96. The number of carbonyl (C=O) groups excluding carboxylic acids is 4. The standard InChI is InChI=1S/C38H39NO8S/c1-26-33(45-2)23-32(41)30(24-40)35(26)37(44)47-22-14-13-21-34(42)39-31(36(43)46-3)25-48-38(27-15-7-4-8-16-27,28-17-9-5-10-18-28)29-19-11-6-12-20-29/h4-12,15-20,23-24,31,41H,13-14,21-22,25H2,1-3H3,(H,39,42)/t31-/m0/s1. The monoisotopic (exact) mass is 669 g/mol. The average molecular weight is 670 g/mol. The number of hydrogen-bond donors (Lipinski definition) is 2. The SMILES string of the molecule is COC(=O)[C@H](CSC(c1ccccc1)(c1ccccc1)c1ccccc1)NC(=O)CCCCOC(=O)c1c(C)c(OC)cc(O)c1C=O. The van der Waals surface area contributed by atoms with E-state index < -0.39 is 22.7 Å². The van der Waals surface area contributed by atoms with Crippen molar-refractivity contribution in [1.29, 1.82) is 0 Å². The van der Waals surface area contributed by atoms with Crippen molar-refractivity contribution in [1.82, 2.24) is 5.32 Å². The minimum absolute atomic E-state index is 0.0220. The van der Waals surface area contributed by atoms with Gasteiger partial charge in [-0.25, -0.2) is 9.59 Å². The summed E-state index contributed by atoms with van der Waals surface area (Å²) >= 11 is 1.54. The van der Waals surface area contributed by atoms with Crippen LogP contribution in [0.1, 0.15) is 62.2 Å². The van der Waals surface area contributed by atoms with Crippen LogP contribution in [-0.4, -0.2) is 61.9 Å². The molecule has 48 heavy (non-hydrogen) atoms. The van der Waals surface area contributed by atoms with Crippen molar-refractivity contribution in [3.8, 4) is 11.5 Å². The Kier molecular flexibility index (Phi) is 12.8. The number of nitrogens with one attached hydrogen (secondary N) is 1. The number of ether oxygens (including phenoxy) is 3. The van der Waals surface area contributed by atoms with Crippen molar-refractivity contribution in [2.45, 2.75) is 37.0 Å². The zero-order valence-corrected chi connectivity index (χ0v) is 28.0. The fourth-order valence-corrected chi connectivity index (χ4v) is 7.08. The van der Waals surface area contributed by atoms with Gasteiger partial charge < -0.3 is 24.6 Å². The molecule has 2 N–H and O–H groups in total.